The molecule has 0 atom stereocenters. The smallest absolute Gasteiger partial charge is 0.178 e. The predicted molar refractivity (Wildman–Crippen MR) is 231 cm³/mol. The summed E-state index contributed by atoms with van der Waals surface area (Å²) in [5, 5.41) is 7.19. The Hall–Kier alpha value is -6.57. The van der Waals surface area contributed by atoms with Gasteiger partial charge in [-0.2, -0.15) is 0 Å². The van der Waals surface area contributed by atoms with Crippen LogP contribution >= 0.6 is 0 Å². The summed E-state index contributed by atoms with van der Waals surface area (Å²) < 4.78 is 0. The predicted octanol–water partition coefficient (Wildman–Crippen LogP) is 12.1. The molecule has 2 aliphatic rings. The van der Waals surface area contributed by atoms with E-state index in [1.54, 1.807) is 12.2 Å². The molecule has 0 amide bonds. The largest absolute Gasteiger partial charge is 0.290 e. The van der Waals surface area contributed by atoms with Crippen molar-refractivity contribution in [2.45, 2.75) is 27.7 Å². The number of hydrogen-bond acceptors (Lipinski definition) is 1. The van der Waals surface area contributed by atoms with Gasteiger partial charge in [0.1, 0.15) is 0 Å². The zero-order valence-electron chi connectivity index (χ0n) is 31.1. The molecule has 0 aromatic heterocycles. The standard InChI is InChI=1S/C53H40O/c1-33-27-34(2)30-40(29-33)43-21-14-22-45-44-19-12-7-13-20-46(44)52-50(41-31-35(3)28-36(4)32-41)47(37-15-8-5-9-16-37)48(39-23-25-42(54)26-24-39)49(53(52)51(43)45)38-17-10-6-11-18-38/h5-32H,1-4H3. The van der Waals surface area contributed by atoms with Gasteiger partial charge in [-0.3, -0.25) is 4.79 Å². The highest BCUT2D eigenvalue weighted by Crippen LogP contribution is 2.47. The van der Waals surface area contributed by atoms with Crippen molar-refractivity contribution in [1.29, 1.82) is 0 Å². The van der Waals surface area contributed by atoms with Gasteiger partial charge in [0.25, 0.3) is 0 Å². The van der Waals surface area contributed by atoms with Crippen molar-refractivity contribution in [3.05, 3.63) is 196 Å². The molecule has 0 saturated carbocycles. The molecular weight excluding hydrogens is 653 g/mol. The van der Waals surface area contributed by atoms with Gasteiger partial charge in [0.05, 0.1) is 0 Å². The quantitative estimate of drug-likeness (QED) is 0.168. The number of benzene rings is 7. The third-order valence-electron chi connectivity index (χ3n) is 10.7. The lowest BCUT2D eigenvalue weighted by Gasteiger charge is -2.26. The minimum absolute atomic E-state index is 0.00218. The van der Waals surface area contributed by atoms with Crippen LogP contribution in [0.1, 0.15) is 27.8 Å². The highest BCUT2D eigenvalue weighted by molar-refractivity contribution is 6.27. The molecule has 1 heteroatoms. The highest BCUT2D eigenvalue weighted by Gasteiger charge is 2.27. The maximum Gasteiger partial charge on any atom is 0.178 e. The first-order valence-corrected chi connectivity index (χ1v) is 18.7. The maximum atomic E-state index is 12.7. The van der Waals surface area contributed by atoms with Gasteiger partial charge in [-0.1, -0.05) is 180 Å². The summed E-state index contributed by atoms with van der Waals surface area (Å²) in [5.41, 5.74) is 16.5. The molecular formula is C53H40O. The van der Waals surface area contributed by atoms with Gasteiger partial charge in [0.15, 0.2) is 5.78 Å². The second-order valence-electron chi connectivity index (χ2n) is 14.7. The summed E-state index contributed by atoms with van der Waals surface area (Å²) in [7, 11) is 0. The fourth-order valence-electron chi connectivity index (χ4n) is 8.79. The summed E-state index contributed by atoms with van der Waals surface area (Å²) in [6.07, 6.45) is 18.5. The molecule has 0 fully saturated rings. The van der Waals surface area contributed by atoms with Gasteiger partial charge in [0, 0.05) is 0 Å². The first-order chi connectivity index (χ1) is 26.4. The number of fused-ring (bicyclic) bond motifs is 6. The molecule has 0 bridgehead atoms. The molecule has 0 spiro atoms. The maximum absolute atomic E-state index is 12.7. The van der Waals surface area contributed by atoms with E-state index >= 15 is 0 Å². The number of hydrogen-bond donors (Lipinski definition) is 0. The number of allylic oxidation sites excluding steroid dienone is 7. The average molecular weight is 693 g/mol. The summed E-state index contributed by atoms with van der Waals surface area (Å²) in [4.78, 5) is 12.7. The van der Waals surface area contributed by atoms with Gasteiger partial charge in [-0.25, -0.2) is 0 Å². The number of carbonyl (C=O) groups is 1. The normalized spacial score (nSPS) is 13.4. The lowest BCUT2D eigenvalue weighted by atomic mass is 9.77. The van der Waals surface area contributed by atoms with Gasteiger partial charge >= 0.3 is 0 Å². The van der Waals surface area contributed by atoms with Crippen LogP contribution in [0.2, 0.25) is 0 Å². The van der Waals surface area contributed by atoms with E-state index in [4.69, 9.17) is 0 Å². The van der Waals surface area contributed by atoms with Crippen LogP contribution in [0.25, 0.3) is 83.8 Å². The summed E-state index contributed by atoms with van der Waals surface area (Å²) in [6, 6.07) is 42.3. The van der Waals surface area contributed by atoms with Crippen molar-refractivity contribution in [3.63, 3.8) is 0 Å². The molecule has 7 aromatic carbocycles. The van der Waals surface area contributed by atoms with E-state index in [0.29, 0.717) is 0 Å². The van der Waals surface area contributed by atoms with E-state index < -0.39 is 0 Å². The van der Waals surface area contributed by atoms with Gasteiger partial charge in [-0.05, 0) is 127 Å². The van der Waals surface area contributed by atoms with Crippen molar-refractivity contribution in [2.75, 3.05) is 0 Å². The van der Waals surface area contributed by atoms with Gasteiger partial charge in [0.2, 0.25) is 0 Å². The first-order valence-electron chi connectivity index (χ1n) is 18.7. The lowest BCUT2D eigenvalue weighted by molar-refractivity contribution is -0.110. The summed E-state index contributed by atoms with van der Waals surface area (Å²) in [5.74, 6) is -0.00218. The minimum Gasteiger partial charge on any atom is -0.290 e. The summed E-state index contributed by atoms with van der Waals surface area (Å²) in [6.45, 7) is 8.76. The molecule has 7 aromatic rings. The molecule has 0 aliphatic heterocycles. The Balaban J connectivity index is 1.71. The molecule has 2 aliphatic carbocycles. The van der Waals surface area contributed by atoms with Crippen molar-refractivity contribution in [2.24, 2.45) is 0 Å². The van der Waals surface area contributed by atoms with E-state index in [-0.39, 0.29) is 5.78 Å². The van der Waals surface area contributed by atoms with Crippen LogP contribution in [0.5, 0.6) is 0 Å². The Morgan fingerprint density at radius 1 is 0.426 bits per heavy atom. The molecule has 0 heterocycles. The number of aryl methyl sites for hydroxylation is 4. The monoisotopic (exact) mass is 692 g/mol. The third kappa shape index (κ3) is 5.70. The molecule has 0 saturated heterocycles. The Morgan fingerprint density at radius 3 is 1.65 bits per heavy atom. The van der Waals surface area contributed by atoms with E-state index in [0.717, 1.165) is 33.0 Å². The Morgan fingerprint density at radius 2 is 1.02 bits per heavy atom. The Bertz CT molecular complexity index is 2890. The third-order valence-corrected chi connectivity index (χ3v) is 10.7. The van der Waals surface area contributed by atoms with Crippen molar-refractivity contribution >= 4 is 45.1 Å². The van der Waals surface area contributed by atoms with Crippen LogP contribution in [0.15, 0.2) is 158 Å². The first kappa shape index (κ1) is 33.3. The number of carbonyl (C=O) groups excluding carboxylic acids is 1. The van der Waals surface area contributed by atoms with Crippen molar-refractivity contribution in [1.82, 2.24) is 0 Å². The molecule has 0 N–H and O–H groups in total. The SMILES string of the molecule is Cc1cc(C)cc(-c2c(-c3ccccc3)c(=C3C=CC(=O)C=C3)c(-c3ccccc3)c3c2c2c(c4cccc(-c5cc(C)cc(C)c5)c43)=CC=CC=C2)c1. The van der Waals surface area contributed by atoms with E-state index in [2.05, 4.69) is 173 Å². The van der Waals surface area contributed by atoms with Gasteiger partial charge in [-0.15, -0.1) is 0 Å². The number of ketones is 1. The molecule has 0 radical (unpaired) electrons. The second kappa shape index (κ2) is 13.4. The fourth-order valence-corrected chi connectivity index (χ4v) is 8.79. The second-order valence-corrected chi connectivity index (χ2v) is 14.7. The van der Waals surface area contributed by atoms with Crippen LogP contribution in [0.4, 0.5) is 0 Å². The van der Waals surface area contributed by atoms with Crippen LogP contribution in [0.3, 0.4) is 0 Å². The van der Waals surface area contributed by atoms with Crippen LogP contribution in [-0.4, -0.2) is 5.78 Å². The molecule has 0 unspecified atom stereocenters. The highest BCUT2D eigenvalue weighted by atomic mass is 16.1. The molecule has 54 heavy (non-hydrogen) atoms. The van der Waals surface area contributed by atoms with Crippen molar-refractivity contribution in [3.8, 4) is 44.5 Å². The topological polar surface area (TPSA) is 17.1 Å². The van der Waals surface area contributed by atoms with Crippen molar-refractivity contribution < 1.29 is 4.79 Å². The summed E-state index contributed by atoms with van der Waals surface area (Å²) >= 11 is 0. The minimum atomic E-state index is -0.00218. The van der Waals surface area contributed by atoms with E-state index in [9.17, 15) is 4.79 Å². The van der Waals surface area contributed by atoms with E-state index in [1.807, 2.05) is 12.2 Å². The van der Waals surface area contributed by atoms with Crippen LogP contribution in [0, 0.1) is 27.7 Å². The molecule has 258 valence electrons. The lowest BCUT2D eigenvalue weighted by Crippen LogP contribution is -2.19. The fraction of sp³-hybridized carbons (Fsp3) is 0.0755. The zero-order valence-corrected chi connectivity index (χ0v) is 31.1. The van der Waals surface area contributed by atoms with E-state index in [1.165, 1.54) is 76.8 Å². The van der Waals surface area contributed by atoms with Gasteiger partial charge < -0.3 is 0 Å². The number of rotatable bonds is 4. The van der Waals surface area contributed by atoms with Crippen LogP contribution < -0.4 is 10.4 Å². The van der Waals surface area contributed by atoms with Crippen LogP contribution in [-0.2, 0) is 4.79 Å². The zero-order chi connectivity index (χ0) is 36.9. The average Bonchev–Trinajstić information content (AvgIpc) is 3.44. The Kier molecular flexibility index (Phi) is 8.28. The molecule has 9 rings (SSSR count). The molecule has 1 nitrogen and oxygen atoms in total. The Labute approximate surface area is 317 Å².